The zero-order chi connectivity index (χ0) is 17.6. The van der Waals surface area contributed by atoms with Gasteiger partial charge in [-0.2, -0.15) is 4.98 Å². The van der Waals surface area contributed by atoms with E-state index in [1.54, 1.807) is 0 Å². The standard InChI is InChI=1S/C20H23N3O2/c1-15-8-6-7-11-17(15)20-21-19(22-25-20)14-23(2)18(12-13-24)16-9-4-3-5-10-16/h3-11,18,24H,12-14H2,1-2H3. The summed E-state index contributed by atoms with van der Waals surface area (Å²) in [7, 11) is 2.01. The lowest BCUT2D eigenvalue weighted by molar-refractivity contribution is 0.175. The van der Waals surface area contributed by atoms with E-state index in [9.17, 15) is 5.11 Å². The Labute approximate surface area is 147 Å². The van der Waals surface area contributed by atoms with Crippen LogP contribution >= 0.6 is 0 Å². The Morgan fingerprint density at radius 3 is 2.52 bits per heavy atom. The molecule has 3 rings (SSSR count). The average molecular weight is 337 g/mol. The Morgan fingerprint density at radius 2 is 1.80 bits per heavy atom. The molecular weight excluding hydrogens is 314 g/mol. The van der Waals surface area contributed by atoms with Crippen LogP contribution in [0, 0.1) is 6.92 Å². The number of benzene rings is 2. The third-order valence-electron chi connectivity index (χ3n) is 4.35. The first kappa shape index (κ1) is 17.3. The first-order chi connectivity index (χ1) is 12.2. The van der Waals surface area contributed by atoms with Gasteiger partial charge in [-0.25, -0.2) is 0 Å². The Bertz CT molecular complexity index is 801. The summed E-state index contributed by atoms with van der Waals surface area (Å²) in [6.45, 7) is 2.71. The summed E-state index contributed by atoms with van der Waals surface area (Å²) in [5, 5.41) is 13.5. The fourth-order valence-corrected chi connectivity index (χ4v) is 3.01. The van der Waals surface area contributed by atoms with Gasteiger partial charge in [0.2, 0.25) is 0 Å². The van der Waals surface area contributed by atoms with E-state index in [1.807, 2.05) is 56.4 Å². The molecule has 0 aliphatic carbocycles. The lowest BCUT2D eigenvalue weighted by atomic mass is 10.0. The molecule has 2 aromatic carbocycles. The molecule has 0 spiro atoms. The maximum Gasteiger partial charge on any atom is 0.258 e. The van der Waals surface area contributed by atoms with Crippen molar-refractivity contribution in [2.75, 3.05) is 13.7 Å². The van der Waals surface area contributed by atoms with Crippen LogP contribution in [-0.4, -0.2) is 33.8 Å². The van der Waals surface area contributed by atoms with E-state index in [0.717, 1.165) is 11.1 Å². The first-order valence-corrected chi connectivity index (χ1v) is 8.43. The van der Waals surface area contributed by atoms with E-state index in [0.29, 0.717) is 24.7 Å². The van der Waals surface area contributed by atoms with Gasteiger partial charge in [-0.3, -0.25) is 4.90 Å². The zero-order valence-electron chi connectivity index (χ0n) is 14.6. The molecule has 0 saturated carbocycles. The number of hydrogen-bond acceptors (Lipinski definition) is 5. The molecule has 130 valence electrons. The molecule has 25 heavy (non-hydrogen) atoms. The predicted octanol–water partition coefficient (Wildman–Crippen LogP) is 3.60. The molecule has 0 fully saturated rings. The van der Waals surface area contributed by atoms with Crippen molar-refractivity contribution in [3.63, 3.8) is 0 Å². The molecular formula is C20H23N3O2. The van der Waals surface area contributed by atoms with E-state index in [-0.39, 0.29) is 12.6 Å². The van der Waals surface area contributed by atoms with Crippen LogP contribution in [0.15, 0.2) is 59.1 Å². The molecule has 0 aliphatic heterocycles. The van der Waals surface area contributed by atoms with Crippen LogP contribution < -0.4 is 0 Å². The topological polar surface area (TPSA) is 62.4 Å². The normalized spacial score (nSPS) is 12.5. The Balaban J connectivity index is 1.76. The maximum absolute atomic E-state index is 9.42. The summed E-state index contributed by atoms with van der Waals surface area (Å²) in [4.78, 5) is 6.67. The van der Waals surface area contributed by atoms with Gasteiger partial charge < -0.3 is 9.63 Å². The van der Waals surface area contributed by atoms with Crippen LogP contribution in [0.25, 0.3) is 11.5 Å². The van der Waals surface area contributed by atoms with Crippen LogP contribution in [0.3, 0.4) is 0 Å². The van der Waals surface area contributed by atoms with Crippen molar-refractivity contribution in [2.45, 2.75) is 25.9 Å². The van der Waals surface area contributed by atoms with Gasteiger partial charge in [-0.15, -0.1) is 0 Å². The molecule has 1 heterocycles. The smallest absolute Gasteiger partial charge is 0.258 e. The fraction of sp³-hybridized carbons (Fsp3) is 0.300. The van der Waals surface area contributed by atoms with Gasteiger partial charge in [0.25, 0.3) is 5.89 Å². The fourth-order valence-electron chi connectivity index (χ4n) is 3.01. The van der Waals surface area contributed by atoms with Gasteiger partial charge in [0, 0.05) is 18.2 Å². The lowest BCUT2D eigenvalue weighted by Crippen LogP contribution is -2.25. The van der Waals surface area contributed by atoms with Crippen LogP contribution in [0.4, 0.5) is 0 Å². The molecule has 3 aromatic rings. The summed E-state index contributed by atoms with van der Waals surface area (Å²) < 4.78 is 5.44. The molecule has 1 N–H and O–H groups in total. The third-order valence-corrected chi connectivity index (χ3v) is 4.35. The van der Waals surface area contributed by atoms with Gasteiger partial charge in [0.05, 0.1) is 6.54 Å². The van der Waals surface area contributed by atoms with E-state index in [1.165, 1.54) is 5.56 Å². The van der Waals surface area contributed by atoms with Gasteiger partial charge >= 0.3 is 0 Å². The van der Waals surface area contributed by atoms with E-state index in [2.05, 4.69) is 27.2 Å². The SMILES string of the molecule is Cc1ccccc1-c1nc(CN(C)C(CCO)c2ccccc2)no1. The second kappa shape index (κ2) is 8.05. The predicted molar refractivity (Wildman–Crippen MR) is 96.8 cm³/mol. The number of aryl methyl sites for hydroxylation is 1. The number of hydrogen-bond donors (Lipinski definition) is 1. The second-order valence-corrected chi connectivity index (χ2v) is 6.18. The highest BCUT2D eigenvalue weighted by Gasteiger charge is 2.19. The van der Waals surface area contributed by atoms with Gasteiger partial charge in [0.1, 0.15) is 0 Å². The lowest BCUT2D eigenvalue weighted by Gasteiger charge is -2.26. The van der Waals surface area contributed by atoms with E-state index >= 15 is 0 Å². The molecule has 0 radical (unpaired) electrons. The number of aromatic nitrogens is 2. The van der Waals surface area contributed by atoms with Crippen LogP contribution in [0.5, 0.6) is 0 Å². The van der Waals surface area contributed by atoms with Crippen molar-refractivity contribution in [3.05, 3.63) is 71.5 Å². The molecule has 0 aliphatic rings. The van der Waals surface area contributed by atoms with E-state index in [4.69, 9.17) is 4.52 Å². The number of aliphatic hydroxyl groups excluding tert-OH is 1. The Morgan fingerprint density at radius 1 is 1.08 bits per heavy atom. The van der Waals surface area contributed by atoms with Crippen molar-refractivity contribution >= 4 is 0 Å². The molecule has 0 saturated heterocycles. The number of nitrogens with zero attached hydrogens (tertiary/aromatic N) is 3. The Hall–Kier alpha value is -2.50. The summed E-state index contributed by atoms with van der Waals surface area (Å²) in [6.07, 6.45) is 0.656. The quantitative estimate of drug-likeness (QED) is 0.714. The summed E-state index contributed by atoms with van der Waals surface area (Å²) >= 11 is 0. The van der Waals surface area contributed by atoms with Gasteiger partial charge in [-0.05, 0) is 37.6 Å². The molecule has 5 nitrogen and oxygen atoms in total. The van der Waals surface area contributed by atoms with Crippen molar-refractivity contribution in [1.82, 2.24) is 15.0 Å². The summed E-state index contributed by atoms with van der Waals surface area (Å²) in [6, 6.07) is 18.2. The Kier molecular flexibility index (Phi) is 5.58. The molecule has 1 aromatic heterocycles. The zero-order valence-corrected chi connectivity index (χ0v) is 14.6. The minimum absolute atomic E-state index is 0.103. The van der Waals surface area contributed by atoms with Gasteiger partial charge in [-0.1, -0.05) is 53.7 Å². The minimum atomic E-state index is 0.103. The van der Waals surface area contributed by atoms with Crippen LogP contribution in [-0.2, 0) is 6.54 Å². The van der Waals surface area contributed by atoms with E-state index < -0.39 is 0 Å². The average Bonchev–Trinajstić information content (AvgIpc) is 3.09. The van der Waals surface area contributed by atoms with Crippen molar-refractivity contribution < 1.29 is 9.63 Å². The number of rotatable bonds is 7. The number of aliphatic hydroxyl groups is 1. The molecule has 5 heteroatoms. The van der Waals surface area contributed by atoms with Gasteiger partial charge in [0.15, 0.2) is 5.82 Å². The van der Waals surface area contributed by atoms with Crippen molar-refractivity contribution in [1.29, 1.82) is 0 Å². The van der Waals surface area contributed by atoms with Crippen LogP contribution in [0.2, 0.25) is 0 Å². The first-order valence-electron chi connectivity index (χ1n) is 8.43. The minimum Gasteiger partial charge on any atom is -0.396 e. The molecule has 0 bridgehead atoms. The third kappa shape index (κ3) is 4.13. The monoisotopic (exact) mass is 337 g/mol. The largest absolute Gasteiger partial charge is 0.396 e. The second-order valence-electron chi connectivity index (χ2n) is 6.18. The molecule has 1 unspecified atom stereocenters. The maximum atomic E-state index is 9.42. The summed E-state index contributed by atoms with van der Waals surface area (Å²) in [5.74, 6) is 1.18. The summed E-state index contributed by atoms with van der Waals surface area (Å²) in [5.41, 5.74) is 3.23. The molecule has 1 atom stereocenters. The highest BCUT2D eigenvalue weighted by molar-refractivity contribution is 5.57. The highest BCUT2D eigenvalue weighted by atomic mass is 16.5. The highest BCUT2D eigenvalue weighted by Crippen LogP contribution is 2.25. The van der Waals surface area contributed by atoms with Crippen LogP contribution in [0.1, 0.15) is 29.4 Å². The van der Waals surface area contributed by atoms with Crippen molar-refractivity contribution in [2.24, 2.45) is 0 Å². The molecule has 0 amide bonds. The van der Waals surface area contributed by atoms with Crippen molar-refractivity contribution in [3.8, 4) is 11.5 Å².